The molecule has 0 radical (unpaired) electrons. The van der Waals surface area contributed by atoms with Gasteiger partial charge in [0.25, 0.3) is 11.6 Å². The summed E-state index contributed by atoms with van der Waals surface area (Å²) in [6, 6.07) is 15.1. The fraction of sp³-hybridized carbons (Fsp3) is 0.0500. The Hall–Kier alpha value is -4.45. The number of carbonyl (C=O) groups is 2. The Labute approximate surface area is 163 Å². The van der Waals surface area contributed by atoms with Gasteiger partial charge >= 0.3 is 5.97 Å². The second kappa shape index (κ2) is 8.06. The van der Waals surface area contributed by atoms with Gasteiger partial charge < -0.3 is 15.2 Å². The van der Waals surface area contributed by atoms with Gasteiger partial charge in [-0.3, -0.25) is 14.9 Å². The number of rotatable bonds is 5. The van der Waals surface area contributed by atoms with Crippen LogP contribution in [0.5, 0.6) is 5.75 Å². The summed E-state index contributed by atoms with van der Waals surface area (Å²) in [7, 11) is 0. The number of hydrogen-bond donors (Lipinski definition) is 2. The number of phenols is 1. The minimum Gasteiger partial charge on any atom is -0.507 e. The van der Waals surface area contributed by atoms with Gasteiger partial charge in [-0.2, -0.15) is 5.26 Å². The lowest BCUT2D eigenvalue weighted by Crippen LogP contribution is -2.21. The van der Waals surface area contributed by atoms with E-state index >= 15 is 0 Å². The molecule has 3 aromatic carbocycles. The maximum Gasteiger partial charge on any atom is 0.342 e. The molecule has 0 aliphatic rings. The number of non-ortho nitro benzene ring substituents is 1. The van der Waals surface area contributed by atoms with Crippen LogP contribution in [0.1, 0.15) is 15.9 Å². The number of esters is 1. The molecular formula is C20H13N3O6. The molecule has 0 bridgehead atoms. The number of phenolic OH excluding ortho intramolecular Hbond substituents is 1. The Balaban J connectivity index is 1.68. The van der Waals surface area contributed by atoms with Crippen LogP contribution in [0, 0.1) is 21.4 Å². The number of carbonyl (C=O) groups excluding carboxylic acids is 2. The largest absolute Gasteiger partial charge is 0.507 e. The lowest BCUT2D eigenvalue weighted by atomic mass is 10.1. The maximum atomic E-state index is 12.2. The van der Waals surface area contributed by atoms with Gasteiger partial charge in [0.15, 0.2) is 6.61 Å². The quantitative estimate of drug-likeness (QED) is 0.386. The van der Waals surface area contributed by atoms with Crippen LogP contribution in [0.15, 0.2) is 54.6 Å². The summed E-state index contributed by atoms with van der Waals surface area (Å²) in [5, 5.41) is 33.7. The van der Waals surface area contributed by atoms with Crippen molar-refractivity contribution >= 4 is 34.0 Å². The lowest BCUT2D eigenvalue weighted by Gasteiger charge is -2.09. The van der Waals surface area contributed by atoms with Crippen molar-refractivity contribution in [3.63, 3.8) is 0 Å². The van der Waals surface area contributed by atoms with Crippen molar-refractivity contribution < 1.29 is 24.4 Å². The molecule has 144 valence electrons. The first kappa shape index (κ1) is 19.3. The van der Waals surface area contributed by atoms with E-state index in [1.54, 1.807) is 30.3 Å². The number of nitriles is 1. The van der Waals surface area contributed by atoms with E-state index in [9.17, 15) is 24.8 Å². The van der Waals surface area contributed by atoms with Crippen LogP contribution in [0.2, 0.25) is 0 Å². The van der Waals surface area contributed by atoms with Crippen molar-refractivity contribution in [2.75, 3.05) is 11.9 Å². The van der Waals surface area contributed by atoms with Gasteiger partial charge in [0.05, 0.1) is 16.2 Å². The molecule has 0 atom stereocenters. The predicted molar refractivity (Wildman–Crippen MR) is 102 cm³/mol. The first-order valence-electron chi connectivity index (χ1n) is 8.26. The molecule has 1 amide bonds. The Kier molecular flexibility index (Phi) is 5.37. The second-order valence-corrected chi connectivity index (χ2v) is 5.94. The standard InChI is InChI=1S/C20H13N3O6/c21-10-14-7-15(23(27)28)5-6-17(14)22-19(25)11-29-20(26)16-8-12-3-1-2-4-13(12)9-18(16)24/h1-9,24H,11H2,(H,22,25). The summed E-state index contributed by atoms with van der Waals surface area (Å²) in [6.45, 7) is -0.674. The molecule has 9 nitrogen and oxygen atoms in total. The third kappa shape index (κ3) is 4.28. The number of anilines is 1. The second-order valence-electron chi connectivity index (χ2n) is 5.94. The van der Waals surface area contributed by atoms with Crippen molar-refractivity contribution in [3.8, 4) is 11.8 Å². The summed E-state index contributed by atoms with van der Waals surface area (Å²) < 4.78 is 4.93. The zero-order valence-electron chi connectivity index (χ0n) is 14.8. The van der Waals surface area contributed by atoms with Gasteiger partial charge in [-0.25, -0.2) is 4.79 Å². The molecule has 0 saturated heterocycles. The van der Waals surface area contributed by atoms with E-state index in [4.69, 9.17) is 10.00 Å². The fourth-order valence-electron chi connectivity index (χ4n) is 2.63. The van der Waals surface area contributed by atoms with Crippen molar-refractivity contribution in [2.45, 2.75) is 0 Å². The number of amides is 1. The van der Waals surface area contributed by atoms with Crippen LogP contribution in [-0.4, -0.2) is 28.5 Å². The van der Waals surface area contributed by atoms with Crippen LogP contribution >= 0.6 is 0 Å². The molecule has 0 saturated carbocycles. The highest BCUT2D eigenvalue weighted by molar-refractivity contribution is 6.00. The highest BCUT2D eigenvalue weighted by Crippen LogP contribution is 2.26. The van der Waals surface area contributed by atoms with Gasteiger partial charge in [-0.15, -0.1) is 0 Å². The molecule has 0 unspecified atom stereocenters. The van der Waals surface area contributed by atoms with E-state index in [2.05, 4.69) is 5.32 Å². The van der Waals surface area contributed by atoms with E-state index in [0.29, 0.717) is 5.39 Å². The van der Waals surface area contributed by atoms with Crippen molar-refractivity contribution in [1.82, 2.24) is 0 Å². The summed E-state index contributed by atoms with van der Waals surface area (Å²) >= 11 is 0. The summed E-state index contributed by atoms with van der Waals surface area (Å²) in [6.07, 6.45) is 0. The zero-order valence-corrected chi connectivity index (χ0v) is 14.8. The van der Waals surface area contributed by atoms with Crippen LogP contribution in [0.3, 0.4) is 0 Å². The SMILES string of the molecule is N#Cc1cc([N+](=O)[O-])ccc1NC(=O)COC(=O)c1cc2ccccc2cc1O. The van der Waals surface area contributed by atoms with Crippen LogP contribution in [0.4, 0.5) is 11.4 Å². The molecule has 29 heavy (non-hydrogen) atoms. The number of hydrogen-bond acceptors (Lipinski definition) is 7. The molecule has 0 fully saturated rings. The topological polar surface area (TPSA) is 143 Å². The van der Waals surface area contributed by atoms with E-state index in [0.717, 1.165) is 17.5 Å². The molecular weight excluding hydrogens is 378 g/mol. The van der Waals surface area contributed by atoms with E-state index < -0.39 is 23.4 Å². The van der Waals surface area contributed by atoms with Gasteiger partial charge in [-0.1, -0.05) is 24.3 Å². The van der Waals surface area contributed by atoms with Crippen LogP contribution < -0.4 is 5.32 Å². The Morgan fingerprint density at radius 1 is 1.14 bits per heavy atom. The van der Waals surface area contributed by atoms with Crippen molar-refractivity contribution in [1.29, 1.82) is 5.26 Å². The molecule has 0 aromatic heterocycles. The Morgan fingerprint density at radius 3 is 2.48 bits per heavy atom. The monoisotopic (exact) mass is 391 g/mol. The third-order valence-corrected chi connectivity index (χ3v) is 4.03. The van der Waals surface area contributed by atoms with E-state index in [1.807, 2.05) is 0 Å². The molecule has 0 heterocycles. The molecule has 3 rings (SSSR count). The van der Waals surface area contributed by atoms with E-state index in [1.165, 1.54) is 18.2 Å². The van der Waals surface area contributed by atoms with Gasteiger partial charge in [0, 0.05) is 12.1 Å². The van der Waals surface area contributed by atoms with Crippen LogP contribution in [-0.2, 0) is 9.53 Å². The van der Waals surface area contributed by atoms with Gasteiger partial charge in [0.2, 0.25) is 0 Å². The summed E-state index contributed by atoms with van der Waals surface area (Å²) in [4.78, 5) is 34.4. The number of nitrogens with one attached hydrogen (secondary N) is 1. The smallest absolute Gasteiger partial charge is 0.342 e. The molecule has 0 spiro atoms. The minimum absolute atomic E-state index is 0.0488. The summed E-state index contributed by atoms with van der Waals surface area (Å²) in [5.74, 6) is -1.92. The number of ether oxygens (including phenoxy) is 1. The maximum absolute atomic E-state index is 12.2. The number of nitro benzene ring substituents is 1. The van der Waals surface area contributed by atoms with Crippen molar-refractivity contribution in [2.24, 2.45) is 0 Å². The molecule has 9 heteroatoms. The average molecular weight is 391 g/mol. The molecule has 0 aliphatic heterocycles. The highest BCUT2D eigenvalue weighted by atomic mass is 16.6. The first-order valence-corrected chi connectivity index (χ1v) is 8.26. The predicted octanol–water partition coefficient (Wildman–Crippen LogP) is 3.12. The number of benzene rings is 3. The van der Waals surface area contributed by atoms with Crippen LogP contribution in [0.25, 0.3) is 10.8 Å². The van der Waals surface area contributed by atoms with Gasteiger partial charge in [-0.05, 0) is 29.0 Å². The van der Waals surface area contributed by atoms with Crippen molar-refractivity contribution in [3.05, 3.63) is 75.8 Å². The normalized spacial score (nSPS) is 10.2. The Bertz CT molecular complexity index is 1180. The summed E-state index contributed by atoms with van der Waals surface area (Å²) in [5.41, 5.74) is -0.443. The highest BCUT2D eigenvalue weighted by Gasteiger charge is 2.17. The number of fused-ring (bicyclic) bond motifs is 1. The Morgan fingerprint density at radius 2 is 1.83 bits per heavy atom. The number of nitro groups is 1. The number of aromatic hydroxyl groups is 1. The molecule has 2 N–H and O–H groups in total. The molecule has 0 aliphatic carbocycles. The lowest BCUT2D eigenvalue weighted by molar-refractivity contribution is -0.384. The fourth-order valence-corrected chi connectivity index (χ4v) is 2.63. The average Bonchev–Trinajstić information content (AvgIpc) is 2.71. The first-order chi connectivity index (χ1) is 13.9. The third-order valence-electron chi connectivity index (χ3n) is 4.03. The molecule has 3 aromatic rings. The van der Waals surface area contributed by atoms with E-state index in [-0.39, 0.29) is 28.3 Å². The zero-order chi connectivity index (χ0) is 21.0. The minimum atomic E-state index is -0.896. The van der Waals surface area contributed by atoms with Gasteiger partial charge in [0.1, 0.15) is 17.4 Å². The number of nitrogens with zero attached hydrogens (tertiary/aromatic N) is 2.